The summed E-state index contributed by atoms with van der Waals surface area (Å²) in [6, 6.07) is 4.54. The van der Waals surface area contributed by atoms with Gasteiger partial charge in [-0.05, 0) is 56.4 Å². The van der Waals surface area contributed by atoms with Gasteiger partial charge in [-0.2, -0.15) is 0 Å². The van der Waals surface area contributed by atoms with E-state index in [1.54, 1.807) is 14.2 Å². The number of pyridine rings is 1. The predicted octanol–water partition coefficient (Wildman–Crippen LogP) is 3.99. The number of carbonyl (C=O) groups excluding carboxylic acids is 1. The standard InChI is InChI=1S/C26H39N3O3/c1-31-22-13-14-26(19-11-12-23(32-2)28-24(19)22)17-27-16-20(26)25(30)29-15-7-6-10-21(29)18-8-4-3-5-9-18/h11-12,18,20-22,27H,3-10,13-17H2,1-2H3/t20?,21-,22?,26-/m0/s1. The number of hydrogen-bond acceptors (Lipinski definition) is 5. The lowest BCUT2D eigenvalue weighted by molar-refractivity contribution is -0.142. The predicted molar refractivity (Wildman–Crippen MR) is 124 cm³/mol. The van der Waals surface area contributed by atoms with Crippen molar-refractivity contribution in [2.24, 2.45) is 11.8 Å². The van der Waals surface area contributed by atoms with E-state index in [4.69, 9.17) is 14.5 Å². The lowest BCUT2D eigenvalue weighted by atomic mass is 9.64. The lowest BCUT2D eigenvalue weighted by Crippen LogP contribution is -2.54. The zero-order chi connectivity index (χ0) is 22.1. The Kier molecular flexibility index (Phi) is 6.44. The molecule has 4 atom stereocenters. The number of fused-ring (bicyclic) bond motifs is 2. The third kappa shape index (κ3) is 3.73. The summed E-state index contributed by atoms with van der Waals surface area (Å²) in [7, 11) is 3.41. The average molecular weight is 442 g/mol. The fourth-order valence-electron chi connectivity index (χ4n) is 7.19. The van der Waals surface area contributed by atoms with Crippen molar-refractivity contribution in [2.45, 2.75) is 81.8 Å². The van der Waals surface area contributed by atoms with Crippen LogP contribution in [0.4, 0.5) is 0 Å². The van der Waals surface area contributed by atoms with Crippen molar-refractivity contribution < 1.29 is 14.3 Å². The minimum absolute atomic E-state index is 0.0292. The second kappa shape index (κ2) is 9.30. The fourth-order valence-corrected chi connectivity index (χ4v) is 7.19. The maximum Gasteiger partial charge on any atom is 0.228 e. The summed E-state index contributed by atoms with van der Waals surface area (Å²) in [6.45, 7) is 2.53. The Morgan fingerprint density at radius 1 is 1.09 bits per heavy atom. The summed E-state index contributed by atoms with van der Waals surface area (Å²) in [5.41, 5.74) is 1.95. The first-order chi connectivity index (χ1) is 15.7. The molecule has 1 amide bonds. The molecule has 2 unspecified atom stereocenters. The van der Waals surface area contributed by atoms with E-state index in [-0.39, 0.29) is 17.4 Å². The molecule has 0 aromatic carbocycles. The van der Waals surface area contributed by atoms with Crippen molar-refractivity contribution in [1.82, 2.24) is 15.2 Å². The van der Waals surface area contributed by atoms with Crippen LogP contribution in [0.3, 0.4) is 0 Å². The van der Waals surface area contributed by atoms with E-state index >= 15 is 0 Å². The number of carbonyl (C=O) groups is 1. The van der Waals surface area contributed by atoms with Crippen LogP contribution in [0.1, 0.15) is 81.6 Å². The molecule has 0 bridgehead atoms. The first kappa shape index (κ1) is 22.1. The molecule has 1 aromatic heterocycles. The van der Waals surface area contributed by atoms with Crippen LogP contribution >= 0.6 is 0 Å². The van der Waals surface area contributed by atoms with Gasteiger partial charge in [-0.1, -0.05) is 25.3 Å². The van der Waals surface area contributed by atoms with Crippen LogP contribution in [0.2, 0.25) is 0 Å². The van der Waals surface area contributed by atoms with E-state index in [2.05, 4.69) is 16.3 Å². The summed E-state index contributed by atoms with van der Waals surface area (Å²) in [5.74, 6) is 1.66. The Labute approximate surface area is 192 Å². The number of piperidine rings is 1. The minimum Gasteiger partial charge on any atom is -0.481 e. The molecule has 1 saturated carbocycles. The van der Waals surface area contributed by atoms with Gasteiger partial charge in [0.05, 0.1) is 24.8 Å². The number of ether oxygens (including phenoxy) is 2. The molecule has 2 aliphatic heterocycles. The Hall–Kier alpha value is -1.66. The van der Waals surface area contributed by atoms with Crippen LogP contribution in [0.15, 0.2) is 12.1 Å². The number of methoxy groups -OCH3 is 2. The van der Waals surface area contributed by atoms with Gasteiger partial charge in [0.1, 0.15) is 0 Å². The lowest BCUT2D eigenvalue weighted by Gasteiger charge is -2.46. The number of amides is 1. The summed E-state index contributed by atoms with van der Waals surface area (Å²) in [6.07, 6.45) is 12.0. The van der Waals surface area contributed by atoms with Crippen molar-refractivity contribution in [3.8, 4) is 5.88 Å². The molecule has 2 aliphatic carbocycles. The fraction of sp³-hybridized carbons (Fsp3) is 0.769. The monoisotopic (exact) mass is 441 g/mol. The van der Waals surface area contributed by atoms with Crippen LogP contribution in [0, 0.1) is 11.8 Å². The SMILES string of the molecule is COc1ccc2c(n1)C(OC)CC[C@]21CNCC1C(=O)N1CCCC[C@H]1C1CCCCC1. The van der Waals surface area contributed by atoms with Crippen LogP contribution in [-0.4, -0.2) is 55.7 Å². The van der Waals surface area contributed by atoms with Gasteiger partial charge in [0.15, 0.2) is 0 Å². The minimum atomic E-state index is -0.199. The number of rotatable bonds is 4. The van der Waals surface area contributed by atoms with Gasteiger partial charge in [-0.3, -0.25) is 4.79 Å². The molecule has 176 valence electrons. The average Bonchev–Trinajstić information content (AvgIpc) is 3.28. The van der Waals surface area contributed by atoms with E-state index in [0.717, 1.165) is 44.6 Å². The molecule has 1 spiro atoms. The highest BCUT2D eigenvalue weighted by atomic mass is 16.5. The third-order valence-electron chi connectivity index (χ3n) is 8.87. The quantitative estimate of drug-likeness (QED) is 0.765. The van der Waals surface area contributed by atoms with E-state index in [0.29, 0.717) is 23.7 Å². The van der Waals surface area contributed by atoms with E-state index in [9.17, 15) is 4.79 Å². The van der Waals surface area contributed by atoms with Crippen LogP contribution < -0.4 is 10.1 Å². The zero-order valence-electron chi connectivity index (χ0n) is 19.8. The van der Waals surface area contributed by atoms with Crippen LogP contribution in [-0.2, 0) is 14.9 Å². The molecule has 2 saturated heterocycles. The number of hydrogen-bond donors (Lipinski definition) is 1. The first-order valence-corrected chi connectivity index (χ1v) is 12.8. The molecule has 4 aliphatic rings. The van der Waals surface area contributed by atoms with Crippen LogP contribution in [0.25, 0.3) is 0 Å². The Balaban J connectivity index is 1.47. The molecule has 1 aromatic rings. The van der Waals surface area contributed by atoms with Gasteiger partial charge < -0.3 is 19.7 Å². The van der Waals surface area contributed by atoms with Crippen LogP contribution in [0.5, 0.6) is 5.88 Å². The summed E-state index contributed by atoms with van der Waals surface area (Å²) in [5, 5.41) is 3.60. The van der Waals surface area contributed by atoms with Gasteiger partial charge in [-0.25, -0.2) is 4.98 Å². The van der Waals surface area contributed by atoms with Crippen molar-refractivity contribution in [2.75, 3.05) is 33.9 Å². The Morgan fingerprint density at radius 3 is 2.69 bits per heavy atom. The molecule has 5 rings (SSSR count). The summed E-state index contributed by atoms with van der Waals surface area (Å²) < 4.78 is 11.2. The van der Waals surface area contributed by atoms with Crippen molar-refractivity contribution in [3.63, 3.8) is 0 Å². The molecule has 6 heteroatoms. The Morgan fingerprint density at radius 2 is 1.91 bits per heavy atom. The number of nitrogens with one attached hydrogen (secondary N) is 1. The normalized spacial score (nSPS) is 33.3. The van der Waals surface area contributed by atoms with Crippen molar-refractivity contribution in [3.05, 3.63) is 23.4 Å². The molecule has 1 N–H and O–H groups in total. The van der Waals surface area contributed by atoms with Crippen molar-refractivity contribution in [1.29, 1.82) is 0 Å². The third-order valence-corrected chi connectivity index (χ3v) is 8.87. The smallest absolute Gasteiger partial charge is 0.228 e. The second-order valence-corrected chi connectivity index (χ2v) is 10.4. The maximum absolute atomic E-state index is 14.2. The van der Waals surface area contributed by atoms with Crippen molar-refractivity contribution >= 4 is 5.91 Å². The Bertz CT molecular complexity index is 825. The maximum atomic E-state index is 14.2. The van der Waals surface area contributed by atoms with Gasteiger partial charge in [0.2, 0.25) is 11.8 Å². The van der Waals surface area contributed by atoms with Gasteiger partial charge in [0.25, 0.3) is 0 Å². The molecule has 6 nitrogen and oxygen atoms in total. The molecular weight excluding hydrogens is 402 g/mol. The molecule has 3 heterocycles. The summed E-state index contributed by atoms with van der Waals surface area (Å²) >= 11 is 0. The second-order valence-electron chi connectivity index (χ2n) is 10.4. The van der Waals surface area contributed by atoms with Gasteiger partial charge >= 0.3 is 0 Å². The summed E-state index contributed by atoms with van der Waals surface area (Å²) in [4.78, 5) is 21.3. The first-order valence-electron chi connectivity index (χ1n) is 12.8. The van der Waals surface area contributed by atoms with E-state index in [1.165, 1.54) is 50.5 Å². The topological polar surface area (TPSA) is 63.7 Å². The molecule has 0 radical (unpaired) electrons. The largest absolute Gasteiger partial charge is 0.481 e. The molecule has 32 heavy (non-hydrogen) atoms. The number of aromatic nitrogens is 1. The van der Waals surface area contributed by atoms with E-state index in [1.807, 2.05) is 6.07 Å². The number of nitrogens with zero attached hydrogens (tertiary/aromatic N) is 2. The van der Waals surface area contributed by atoms with E-state index < -0.39 is 0 Å². The molecular formula is C26H39N3O3. The number of likely N-dealkylation sites (tertiary alicyclic amines) is 1. The highest BCUT2D eigenvalue weighted by molar-refractivity contribution is 5.82. The van der Waals surface area contributed by atoms with Gasteiger partial charge in [0, 0.05) is 44.3 Å². The van der Waals surface area contributed by atoms with Gasteiger partial charge in [-0.15, -0.1) is 0 Å². The zero-order valence-corrected chi connectivity index (χ0v) is 19.8. The highest BCUT2D eigenvalue weighted by Gasteiger charge is 2.53. The molecule has 3 fully saturated rings. The highest BCUT2D eigenvalue weighted by Crippen LogP contribution is 2.50.